The minimum absolute atomic E-state index is 0.904. The summed E-state index contributed by atoms with van der Waals surface area (Å²) in [4.78, 5) is 2.44. The van der Waals surface area contributed by atoms with E-state index >= 15 is 0 Å². The standard InChI is InChI=1S/C15H21N5/c1-12-3-4-14(9-13(12)2)20-15(10-17-18-20)11-19-7-5-16-6-8-19/h3-4,9-10,16H,5-8,11H2,1-2H3. The predicted octanol–water partition coefficient (Wildman–Crippen LogP) is 1.29. The van der Waals surface area contributed by atoms with Crippen LogP contribution in [0.3, 0.4) is 0 Å². The molecule has 2 heterocycles. The van der Waals surface area contributed by atoms with E-state index < -0.39 is 0 Å². The van der Waals surface area contributed by atoms with Gasteiger partial charge in [0.2, 0.25) is 0 Å². The molecule has 0 unspecified atom stereocenters. The molecule has 0 radical (unpaired) electrons. The summed E-state index contributed by atoms with van der Waals surface area (Å²) in [6.45, 7) is 9.45. The molecule has 0 atom stereocenters. The molecule has 106 valence electrons. The maximum atomic E-state index is 4.25. The first-order chi connectivity index (χ1) is 9.74. The molecule has 0 saturated carbocycles. The topological polar surface area (TPSA) is 46.0 Å². The maximum Gasteiger partial charge on any atom is 0.0786 e. The number of hydrogen-bond donors (Lipinski definition) is 1. The van der Waals surface area contributed by atoms with E-state index in [0.29, 0.717) is 0 Å². The van der Waals surface area contributed by atoms with Crippen LogP contribution in [-0.4, -0.2) is 46.1 Å². The molecule has 5 heteroatoms. The van der Waals surface area contributed by atoms with Crippen LogP contribution in [0, 0.1) is 13.8 Å². The van der Waals surface area contributed by atoms with Gasteiger partial charge in [0, 0.05) is 32.7 Å². The van der Waals surface area contributed by atoms with Crippen molar-refractivity contribution >= 4 is 0 Å². The molecular weight excluding hydrogens is 250 g/mol. The zero-order valence-corrected chi connectivity index (χ0v) is 12.1. The third-order valence-electron chi connectivity index (χ3n) is 3.95. The Balaban J connectivity index is 1.83. The molecule has 5 nitrogen and oxygen atoms in total. The highest BCUT2D eigenvalue weighted by atomic mass is 15.4. The second-order valence-electron chi connectivity index (χ2n) is 5.43. The van der Waals surface area contributed by atoms with Crippen molar-refractivity contribution in [2.45, 2.75) is 20.4 Å². The maximum absolute atomic E-state index is 4.25. The van der Waals surface area contributed by atoms with Crippen LogP contribution < -0.4 is 5.32 Å². The first-order valence-electron chi connectivity index (χ1n) is 7.14. The molecule has 2 aromatic rings. The van der Waals surface area contributed by atoms with Crippen LogP contribution >= 0.6 is 0 Å². The van der Waals surface area contributed by atoms with Gasteiger partial charge in [-0.1, -0.05) is 11.3 Å². The Hall–Kier alpha value is -1.72. The highest BCUT2D eigenvalue weighted by Crippen LogP contribution is 2.15. The molecule has 3 rings (SSSR count). The Morgan fingerprint density at radius 2 is 1.95 bits per heavy atom. The normalized spacial score (nSPS) is 16.5. The Labute approximate surface area is 119 Å². The predicted molar refractivity (Wildman–Crippen MR) is 79.0 cm³/mol. The Bertz CT molecular complexity index is 584. The zero-order chi connectivity index (χ0) is 13.9. The number of benzene rings is 1. The summed E-state index contributed by atoms with van der Waals surface area (Å²) in [7, 11) is 0. The van der Waals surface area contributed by atoms with E-state index in [2.05, 4.69) is 52.6 Å². The number of aryl methyl sites for hydroxylation is 2. The van der Waals surface area contributed by atoms with Crippen molar-refractivity contribution in [3.63, 3.8) is 0 Å². The van der Waals surface area contributed by atoms with Gasteiger partial charge in [-0.25, -0.2) is 4.68 Å². The first kappa shape index (κ1) is 13.3. The average molecular weight is 271 g/mol. The van der Waals surface area contributed by atoms with Crippen molar-refractivity contribution in [2.75, 3.05) is 26.2 Å². The summed E-state index contributed by atoms with van der Waals surface area (Å²) in [5.41, 5.74) is 4.83. The lowest BCUT2D eigenvalue weighted by Gasteiger charge is -2.27. The van der Waals surface area contributed by atoms with E-state index in [1.54, 1.807) is 0 Å². The van der Waals surface area contributed by atoms with E-state index in [-0.39, 0.29) is 0 Å². The Morgan fingerprint density at radius 3 is 2.70 bits per heavy atom. The Morgan fingerprint density at radius 1 is 1.15 bits per heavy atom. The van der Waals surface area contributed by atoms with Crippen LogP contribution in [0.4, 0.5) is 0 Å². The van der Waals surface area contributed by atoms with Crippen molar-refractivity contribution in [1.29, 1.82) is 0 Å². The van der Waals surface area contributed by atoms with Gasteiger partial charge in [-0.05, 0) is 37.1 Å². The number of piperazine rings is 1. The minimum atomic E-state index is 0.904. The summed E-state index contributed by atoms with van der Waals surface area (Å²) >= 11 is 0. The van der Waals surface area contributed by atoms with Crippen molar-refractivity contribution in [2.24, 2.45) is 0 Å². The Kier molecular flexibility index (Phi) is 3.80. The molecule has 1 aromatic heterocycles. The van der Waals surface area contributed by atoms with Crippen LogP contribution in [0.5, 0.6) is 0 Å². The molecule has 0 bridgehead atoms. The summed E-state index contributed by atoms with van der Waals surface area (Å²) in [6, 6.07) is 6.42. The quantitative estimate of drug-likeness (QED) is 0.914. The van der Waals surface area contributed by atoms with E-state index in [0.717, 1.165) is 44.1 Å². The van der Waals surface area contributed by atoms with Gasteiger partial charge in [0.05, 0.1) is 17.6 Å². The summed E-state index contributed by atoms with van der Waals surface area (Å²) < 4.78 is 1.95. The largest absolute Gasteiger partial charge is 0.314 e. The molecule has 1 aliphatic rings. The molecule has 1 saturated heterocycles. The lowest BCUT2D eigenvalue weighted by Crippen LogP contribution is -2.43. The van der Waals surface area contributed by atoms with Gasteiger partial charge in [0.25, 0.3) is 0 Å². The fraction of sp³-hybridized carbons (Fsp3) is 0.467. The van der Waals surface area contributed by atoms with E-state index in [9.17, 15) is 0 Å². The summed E-state index contributed by atoms with van der Waals surface area (Å²) in [5, 5.41) is 11.7. The fourth-order valence-corrected chi connectivity index (χ4v) is 2.54. The van der Waals surface area contributed by atoms with E-state index in [1.165, 1.54) is 11.1 Å². The lowest BCUT2D eigenvalue weighted by atomic mass is 10.1. The first-order valence-corrected chi connectivity index (χ1v) is 7.14. The lowest BCUT2D eigenvalue weighted by molar-refractivity contribution is 0.229. The van der Waals surface area contributed by atoms with Crippen LogP contribution in [-0.2, 0) is 6.54 Å². The fourth-order valence-electron chi connectivity index (χ4n) is 2.54. The highest BCUT2D eigenvalue weighted by Gasteiger charge is 2.14. The van der Waals surface area contributed by atoms with Gasteiger partial charge in [0.1, 0.15) is 0 Å². The number of hydrogen-bond acceptors (Lipinski definition) is 4. The number of nitrogens with zero attached hydrogens (tertiary/aromatic N) is 4. The molecule has 1 aliphatic heterocycles. The van der Waals surface area contributed by atoms with Crippen LogP contribution in [0.15, 0.2) is 24.4 Å². The molecule has 0 aliphatic carbocycles. The zero-order valence-electron chi connectivity index (χ0n) is 12.1. The molecule has 1 N–H and O–H groups in total. The van der Waals surface area contributed by atoms with Crippen molar-refractivity contribution in [3.05, 3.63) is 41.2 Å². The van der Waals surface area contributed by atoms with Gasteiger partial charge < -0.3 is 5.32 Å². The van der Waals surface area contributed by atoms with E-state index in [1.807, 2.05) is 10.9 Å². The van der Waals surface area contributed by atoms with Crippen LogP contribution in [0.1, 0.15) is 16.8 Å². The van der Waals surface area contributed by atoms with Crippen molar-refractivity contribution in [1.82, 2.24) is 25.2 Å². The number of nitrogens with one attached hydrogen (secondary N) is 1. The minimum Gasteiger partial charge on any atom is -0.314 e. The summed E-state index contributed by atoms with van der Waals surface area (Å²) in [5.74, 6) is 0. The van der Waals surface area contributed by atoms with Gasteiger partial charge in [-0.3, -0.25) is 4.90 Å². The van der Waals surface area contributed by atoms with Gasteiger partial charge in [-0.15, -0.1) is 5.10 Å². The molecule has 1 aromatic carbocycles. The molecular formula is C15H21N5. The van der Waals surface area contributed by atoms with Crippen molar-refractivity contribution < 1.29 is 0 Å². The highest BCUT2D eigenvalue weighted by molar-refractivity contribution is 5.39. The van der Waals surface area contributed by atoms with Gasteiger partial charge >= 0.3 is 0 Å². The second-order valence-corrected chi connectivity index (χ2v) is 5.43. The molecule has 0 spiro atoms. The third kappa shape index (κ3) is 2.73. The molecule has 0 amide bonds. The number of rotatable bonds is 3. The summed E-state index contributed by atoms with van der Waals surface area (Å²) in [6.07, 6.45) is 1.87. The second kappa shape index (κ2) is 5.73. The van der Waals surface area contributed by atoms with Crippen LogP contribution in [0.2, 0.25) is 0 Å². The SMILES string of the molecule is Cc1ccc(-n2nncc2CN2CCNCC2)cc1C. The molecule has 20 heavy (non-hydrogen) atoms. The number of aromatic nitrogens is 3. The average Bonchev–Trinajstić information content (AvgIpc) is 2.91. The smallest absolute Gasteiger partial charge is 0.0786 e. The monoisotopic (exact) mass is 271 g/mol. The third-order valence-corrected chi connectivity index (χ3v) is 3.95. The van der Waals surface area contributed by atoms with Gasteiger partial charge in [-0.2, -0.15) is 0 Å². The van der Waals surface area contributed by atoms with Gasteiger partial charge in [0.15, 0.2) is 0 Å². The van der Waals surface area contributed by atoms with Crippen molar-refractivity contribution in [3.8, 4) is 5.69 Å². The molecule has 1 fully saturated rings. The van der Waals surface area contributed by atoms with Crippen LogP contribution in [0.25, 0.3) is 5.69 Å². The van der Waals surface area contributed by atoms with E-state index in [4.69, 9.17) is 0 Å².